The Bertz CT molecular complexity index is 393. The first-order chi connectivity index (χ1) is 7.63. The quantitative estimate of drug-likeness (QED) is 0.644. The van der Waals surface area contributed by atoms with Crippen molar-refractivity contribution < 1.29 is 14.3 Å². The molecule has 0 atom stereocenters. The van der Waals surface area contributed by atoms with Gasteiger partial charge >= 0.3 is 5.97 Å². The van der Waals surface area contributed by atoms with E-state index in [1.807, 2.05) is 6.26 Å². The van der Waals surface area contributed by atoms with E-state index in [4.69, 9.17) is 10.5 Å². The molecule has 16 heavy (non-hydrogen) atoms. The summed E-state index contributed by atoms with van der Waals surface area (Å²) < 4.78 is 9.79. The van der Waals surface area contributed by atoms with Crippen LogP contribution in [0.25, 0.3) is 0 Å². The lowest BCUT2D eigenvalue weighted by molar-refractivity contribution is 0.0600. The van der Waals surface area contributed by atoms with Gasteiger partial charge in [0.25, 0.3) is 0 Å². The minimum atomic E-state index is -0.388. The number of carbonyl (C=O) groups is 1. The van der Waals surface area contributed by atoms with Crippen LogP contribution in [-0.4, -0.2) is 26.4 Å². The Morgan fingerprint density at radius 2 is 2.12 bits per heavy atom. The number of methoxy groups -OCH3 is 2. The number of nitrogens with two attached hydrogens (primary N) is 1. The van der Waals surface area contributed by atoms with Crippen LogP contribution in [-0.2, 0) is 10.5 Å². The molecule has 0 aliphatic heterocycles. The first-order valence-corrected chi connectivity index (χ1v) is 6.07. The van der Waals surface area contributed by atoms with E-state index >= 15 is 0 Å². The molecule has 88 valence electrons. The highest BCUT2D eigenvalue weighted by molar-refractivity contribution is 7.97. The zero-order valence-electron chi connectivity index (χ0n) is 9.57. The van der Waals surface area contributed by atoms with Crippen molar-refractivity contribution in [3.8, 4) is 5.75 Å². The highest BCUT2D eigenvalue weighted by Crippen LogP contribution is 2.29. The number of esters is 1. The highest BCUT2D eigenvalue weighted by Gasteiger charge is 2.13. The van der Waals surface area contributed by atoms with E-state index in [0.29, 0.717) is 17.0 Å². The smallest absolute Gasteiger partial charge is 0.337 e. The van der Waals surface area contributed by atoms with E-state index in [0.717, 1.165) is 11.3 Å². The topological polar surface area (TPSA) is 61.5 Å². The fourth-order valence-corrected chi connectivity index (χ4v) is 1.91. The third kappa shape index (κ3) is 2.61. The number of carbonyl (C=O) groups excluding carboxylic acids is 1. The summed E-state index contributed by atoms with van der Waals surface area (Å²) >= 11 is 1.63. The monoisotopic (exact) mass is 241 g/mol. The summed E-state index contributed by atoms with van der Waals surface area (Å²) in [6.45, 7) is 0. The molecule has 0 aliphatic rings. The van der Waals surface area contributed by atoms with Gasteiger partial charge in [-0.3, -0.25) is 0 Å². The second-order valence-corrected chi connectivity index (χ2v) is 4.04. The number of ether oxygens (including phenoxy) is 2. The van der Waals surface area contributed by atoms with E-state index in [-0.39, 0.29) is 5.97 Å². The molecule has 0 unspecified atom stereocenters. The predicted octanol–water partition coefficient (Wildman–Crippen LogP) is 1.93. The van der Waals surface area contributed by atoms with Crippen LogP contribution >= 0.6 is 11.8 Å². The summed E-state index contributed by atoms with van der Waals surface area (Å²) in [4.78, 5) is 11.4. The Hall–Kier alpha value is -1.36. The molecule has 0 bridgehead atoms. The standard InChI is InChI=1S/C11H15NO3S/c1-14-9-5-7(11(13)15-2)4-8(6-16-3)10(9)12/h4-5H,6,12H2,1-3H3. The number of benzene rings is 1. The lowest BCUT2D eigenvalue weighted by Gasteiger charge is -2.11. The fraction of sp³-hybridized carbons (Fsp3) is 0.364. The van der Waals surface area contributed by atoms with Gasteiger partial charge in [0.15, 0.2) is 0 Å². The van der Waals surface area contributed by atoms with E-state index in [2.05, 4.69) is 4.74 Å². The fourth-order valence-electron chi connectivity index (χ4n) is 1.36. The van der Waals surface area contributed by atoms with Crippen LogP contribution in [0, 0.1) is 0 Å². The molecule has 0 heterocycles. The number of nitrogen functional groups attached to an aromatic ring is 1. The average molecular weight is 241 g/mol. The lowest BCUT2D eigenvalue weighted by Crippen LogP contribution is -2.05. The van der Waals surface area contributed by atoms with Gasteiger partial charge in [-0.1, -0.05) is 0 Å². The Balaban J connectivity index is 3.22. The number of hydrogen-bond donors (Lipinski definition) is 1. The van der Waals surface area contributed by atoms with Gasteiger partial charge in [-0.25, -0.2) is 4.79 Å². The van der Waals surface area contributed by atoms with E-state index in [9.17, 15) is 4.79 Å². The maximum atomic E-state index is 11.4. The molecule has 0 amide bonds. The van der Waals surface area contributed by atoms with Crippen molar-refractivity contribution >= 4 is 23.4 Å². The van der Waals surface area contributed by atoms with Crippen LogP contribution in [0.2, 0.25) is 0 Å². The Kier molecular flexibility index (Phi) is 4.49. The summed E-state index contributed by atoms with van der Waals surface area (Å²) in [7, 11) is 2.87. The third-order valence-electron chi connectivity index (χ3n) is 2.17. The molecule has 5 heteroatoms. The highest BCUT2D eigenvalue weighted by atomic mass is 32.2. The van der Waals surface area contributed by atoms with Crippen LogP contribution in [0.15, 0.2) is 12.1 Å². The van der Waals surface area contributed by atoms with Crippen molar-refractivity contribution in [3.63, 3.8) is 0 Å². The van der Waals surface area contributed by atoms with Gasteiger partial charge < -0.3 is 15.2 Å². The first kappa shape index (κ1) is 12.7. The maximum Gasteiger partial charge on any atom is 0.337 e. The molecule has 0 fully saturated rings. The van der Waals surface area contributed by atoms with Crippen molar-refractivity contribution in [2.24, 2.45) is 0 Å². The van der Waals surface area contributed by atoms with Crippen LogP contribution in [0.5, 0.6) is 5.75 Å². The van der Waals surface area contributed by atoms with Gasteiger partial charge in [0, 0.05) is 5.75 Å². The minimum Gasteiger partial charge on any atom is -0.495 e. The van der Waals surface area contributed by atoms with Crippen molar-refractivity contribution in [2.45, 2.75) is 5.75 Å². The summed E-state index contributed by atoms with van der Waals surface area (Å²) in [5.41, 5.74) is 7.81. The van der Waals surface area contributed by atoms with Crippen LogP contribution in [0.4, 0.5) is 5.69 Å². The zero-order valence-corrected chi connectivity index (χ0v) is 10.4. The average Bonchev–Trinajstić information content (AvgIpc) is 2.31. The summed E-state index contributed by atoms with van der Waals surface area (Å²) in [6, 6.07) is 3.32. The number of anilines is 1. The van der Waals surface area contributed by atoms with Gasteiger partial charge in [-0.15, -0.1) is 0 Å². The van der Waals surface area contributed by atoms with E-state index in [1.54, 1.807) is 23.9 Å². The molecule has 0 saturated carbocycles. The SMILES string of the molecule is COC(=O)c1cc(CSC)c(N)c(OC)c1. The van der Waals surface area contributed by atoms with Gasteiger partial charge in [0.05, 0.1) is 25.5 Å². The Labute approximate surface area is 99.1 Å². The minimum absolute atomic E-state index is 0.388. The summed E-state index contributed by atoms with van der Waals surface area (Å²) in [6.07, 6.45) is 1.97. The molecule has 0 aliphatic carbocycles. The molecular formula is C11H15NO3S. The second kappa shape index (κ2) is 5.65. The Morgan fingerprint density at radius 3 is 2.62 bits per heavy atom. The largest absolute Gasteiger partial charge is 0.495 e. The van der Waals surface area contributed by atoms with Gasteiger partial charge in [0.1, 0.15) is 5.75 Å². The summed E-state index contributed by atoms with van der Waals surface area (Å²) in [5.74, 6) is 0.847. The molecule has 0 saturated heterocycles. The van der Waals surface area contributed by atoms with E-state index in [1.165, 1.54) is 14.2 Å². The first-order valence-electron chi connectivity index (χ1n) is 4.67. The second-order valence-electron chi connectivity index (χ2n) is 3.18. The molecule has 1 aromatic rings. The maximum absolute atomic E-state index is 11.4. The molecule has 4 nitrogen and oxygen atoms in total. The van der Waals surface area contributed by atoms with Gasteiger partial charge in [-0.2, -0.15) is 11.8 Å². The third-order valence-corrected chi connectivity index (χ3v) is 2.77. The van der Waals surface area contributed by atoms with Crippen LogP contribution < -0.4 is 10.5 Å². The Morgan fingerprint density at radius 1 is 1.44 bits per heavy atom. The van der Waals surface area contributed by atoms with Crippen molar-refractivity contribution in [3.05, 3.63) is 23.3 Å². The number of rotatable bonds is 4. The van der Waals surface area contributed by atoms with Gasteiger partial charge in [0.2, 0.25) is 0 Å². The molecule has 0 spiro atoms. The van der Waals surface area contributed by atoms with Gasteiger partial charge in [-0.05, 0) is 24.0 Å². The molecule has 1 rings (SSSR count). The van der Waals surface area contributed by atoms with E-state index < -0.39 is 0 Å². The molecule has 0 radical (unpaired) electrons. The molecule has 2 N–H and O–H groups in total. The summed E-state index contributed by atoms with van der Waals surface area (Å²) in [5, 5.41) is 0. The molecule has 1 aromatic carbocycles. The van der Waals surface area contributed by atoms with Crippen molar-refractivity contribution in [1.29, 1.82) is 0 Å². The van der Waals surface area contributed by atoms with Crippen molar-refractivity contribution in [1.82, 2.24) is 0 Å². The number of thioether (sulfide) groups is 1. The molecular weight excluding hydrogens is 226 g/mol. The van der Waals surface area contributed by atoms with Crippen molar-refractivity contribution in [2.75, 3.05) is 26.2 Å². The lowest BCUT2D eigenvalue weighted by atomic mass is 10.1. The molecule has 0 aromatic heterocycles. The zero-order chi connectivity index (χ0) is 12.1. The predicted molar refractivity (Wildman–Crippen MR) is 66.0 cm³/mol. The van der Waals surface area contributed by atoms with Crippen LogP contribution in [0.1, 0.15) is 15.9 Å². The normalized spacial score (nSPS) is 9.94. The number of hydrogen-bond acceptors (Lipinski definition) is 5. The van der Waals surface area contributed by atoms with Crippen LogP contribution in [0.3, 0.4) is 0 Å².